The number of nitrogens with one attached hydrogen (secondary N) is 1. The van der Waals surface area contributed by atoms with Crippen LogP contribution >= 0.6 is 0 Å². The summed E-state index contributed by atoms with van der Waals surface area (Å²) in [7, 11) is 4.41. The maximum Gasteiger partial charge on any atom is 0.280 e. The van der Waals surface area contributed by atoms with E-state index >= 15 is 0 Å². The molecule has 2 aromatic carbocycles. The molecule has 2 rings (SSSR count). The van der Waals surface area contributed by atoms with Gasteiger partial charge in [0.05, 0.1) is 21.3 Å². The molecule has 0 saturated heterocycles. The van der Waals surface area contributed by atoms with Gasteiger partial charge in [0.1, 0.15) is 0 Å². The van der Waals surface area contributed by atoms with Gasteiger partial charge in [0, 0.05) is 6.54 Å². The van der Waals surface area contributed by atoms with Crippen molar-refractivity contribution in [3.8, 4) is 17.2 Å². The van der Waals surface area contributed by atoms with Crippen molar-refractivity contribution in [2.45, 2.75) is 6.54 Å². The van der Waals surface area contributed by atoms with E-state index in [1.165, 1.54) is 21.3 Å². The van der Waals surface area contributed by atoms with Crippen LogP contribution in [0.3, 0.4) is 0 Å². The number of hydrogen-bond acceptors (Lipinski definition) is 4. The molecule has 1 N–H and O–H groups in total. The van der Waals surface area contributed by atoms with Crippen LogP contribution in [-0.2, 0) is 11.3 Å². The molecule has 2 aromatic rings. The quantitative estimate of drug-likeness (QED) is 0.782. The number of halogens is 1. The van der Waals surface area contributed by atoms with Crippen molar-refractivity contribution in [2.24, 2.45) is 0 Å². The molecule has 132 valence electrons. The van der Waals surface area contributed by atoms with E-state index in [1.807, 2.05) is 30.3 Å². The van der Waals surface area contributed by atoms with Crippen LogP contribution in [0.4, 0.5) is 4.39 Å². The van der Waals surface area contributed by atoms with E-state index in [4.69, 9.17) is 14.2 Å². The second-order valence-corrected chi connectivity index (χ2v) is 5.12. The minimum absolute atomic E-state index is 0.246. The zero-order chi connectivity index (χ0) is 18.2. The molecule has 0 fully saturated rings. The molecule has 0 bridgehead atoms. The van der Waals surface area contributed by atoms with Crippen LogP contribution < -0.4 is 19.5 Å². The number of benzene rings is 2. The number of methoxy groups -OCH3 is 3. The fourth-order valence-electron chi connectivity index (χ4n) is 2.26. The molecule has 0 spiro atoms. The minimum Gasteiger partial charge on any atom is -0.493 e. The van der Waals surface area contributed by atoms with Crippen molar-refractivity contribution in [3.63, 3.8) is 0 Å². The SMILES string of the molecule is COc1cc(/C=C(\F)C(=O)NCc2ccccc2)cc(OC)c1OC. The molecule has 25 heavy (non-hydrogen) atoms. The smallest absolute Gasteiger partial charge is 0.280 e. The average molecular weight is 345 g/mol. The summed E-state index contributed by atoms with van der Waals surface area (Å²) >= 11 is 0. The van der Waals surface area contributed by atoms with E-state index in [0.717, 1.165) is 11.6 Å². The van der Waals surface area contributed by atoms with Gasteiger partial charge in [-0.05, 0) is 29.3 Å². The second kappa shape index (κ2) is 8.73. The number of amides is 1. The van der Waals surface area contributed by atoms with Gasteiger partial charge in [-0.15, -0.1) is 0 Å². The van der Waals surface area contributed by atoms with Gasteiger partial charge in [0.2, 0.25) is 5.75 Å². The van der Waals surface area contributed by atoms with Crippen LogP contribution in [0, 0.1) is 0 Å². The first-order valence-electron chi connectivity index (χ1n) is 7.58. The Morgan fingerprint density at radius 2 is 1.64 bits per heavy atom. The van der Waals surface area contributed by atoms with Crippen molar-refractivity contribution in [1.82, 2.24) is 5.32 Å². The summed E-state index contributed by atoms with van der Waals surface area (Å²) in [6, 6.07) is 12.4. The maximum atomic E-state index is 14.2. The lowest BCUT2D eigenvalue weighted by Gasteiger charge is -2.13. The monoisotopic (exact) mass is 345 g/mol. The molecule has 0 aliphatic rings. The minimum atomic E-state index is -0.912. The average Bonchev–Trinajstić information content (AvgIpc) is 2.65. The molecule has 0 heterocycles. The summed E-state index contributed by atoms with van der Waals surface area (Å²) in [4.78, 5) is 11.9. The standard InChI is InChI=1S/C19H20FNO4/c1-23-16-10-14(11-17(24-2)18(16)25-3)9-15(20)19(22)21-12-13-7-5-4-6-8-13/h4-11H,12H2,1-3H3,(H,21,22)/b15-9-. The predicted molar refractivity (Wildman–Crippen MR) is 93.5 cm³/mol. The van der Waals surface area contributed by atoms with Crippen LogP contribution in [0.1, 0.15) is 11.1 Å². The topological polar surface area (TPSA) is 56.8 Å². The molecule has 5 nitrogen and oxygen atoms in total. The third-order valence-corrected chi connectivity index (χ3v) is 3.49. The third kappa shape index (κ3) is 4.73. The van der Waals surface area contributed by atoms with E-state index in [0.29, 0.717) is 22.8 Å². The highest BCUT2D eigenvalue weighted by Crippen LogP contribution is 2.38. The first-order valence-corrected chi connectivity index (χ1v) is 7.58. The largest absolute Gasteiger partial charge is 0.493 e. The Morgan fingerprint density at radius 3 is 2.16 bits per heavy atom. The summed E-state index contributed by atoms with van der Waals surface area (Å²) in [6.45, 7) is 0.246. The molecule has 0 aliphatic carbocycles. The van der Waals surface area contributed by atoms with Gasteiger partial charge in [0.15, 0.2) is 17.3 Å². The van der Waals surface area contributed by atoms with Gasteiger partial charge in [-0.25, -0.2) is 4.39 Å². The van der Waals surface area contributed by atoms with Crippen LogP contribution in [0.5, 0.6) is 17.2 Å². The van der Waals surface area contributed by atoms with Gasteiger partial charge in [0.25, 0.3) is 5.91 Å². The van der Waals surface area contributed by atoms with Crippen molar-refractivity contribution in [1.29, 1.82) is 0 Å². The van der Waals surface area contributed by atoms with E-state index in [-0.39, 0.29) is 6.54 Å². The molecule has 0 aliphatic heterocycles. The summed E-state index contributed by atoms with van der Waals surface area (Å²) in [5.41, 5.74) is 1.30. The van der Waals surface area contributed by atoms with Crippen LogP contribution in [0.15, 0.2) is 48.3 Å². The molecule has 1 amide bonds. The van der Waals surface area contributed by atoms with Gasteiger partial charge < -0.3 is 19.5 Å². The van der Waals surface area contributed by atoms with Crippen molar-refractivity contribution in [2.75, 3.05) is 21.3 Å². The molecule has 0 aromatic heterocycles. The molecule has 0 unspecified atom stereocenters. The van der Waals surface area contributed by atoms with Crippen molar-refractivity contribution < 1.29 is 23.4 Å². The van der Waals surface area contributed by atoms with E-state index in [2.05, 4.69) is 5.32 Å². The van der Waals surface area contributed by atoms with E-state index in [1.54, 1.807) is 12.1 Å². The molecule has 0 saturated carbocycles. The highest BCUT2D eigenvalue weighted by molar-refractivity contribution is 5.95. The number of ether oxygens (including phenoxy) is 3. The van der Waals surface area contributed by atoms with Gasteiger partial charge in [-0.1, -0.05) is 30.3 Å². The Labute approximate surface area is 146 Å². The molecular weight excluding hydrogens is 325 g/mol. The number of hydrogen-bond donors (Lipinski definition) is 1. The van der Waals surface area contributed by atoms with Gasteiger partial charge in [-0.2, -0.15) is 0 Å². The summed E-state index contributed by atoms with van der Waals surface area (Å²) < 4.78 is 29.8. The second-order valence-electron chi connectivity index (χ2n) is 5.12. The number of rotatable bonds is 7. The van der Waals surface area contributed by atoms with Crippen LogP contribution in [0.25, 0.3) is 6.08 Å². The highest BCUT2D eigenvalue weighted by Gasteiger charge is 2.14. The van der Waals surface area contributed by atoms with Gasteiger partial charge in [-0.3, -0.25) is 4.79 Å². The number of carbonyl (C=O) groups is 1. The Morgan fingerprint density at radius 1 is 1.04 bits per heavy atom. The lowest BCUT2D eigenvalue weighted by molar-refractivity contribution is -0.118. The normalized spacial score (nSPS) is 11.0. The zero-order valence-corrected chi connectivity index (χ0v) is 14.3. The third-order valence-electron chi connectivity index (χ3n) is 3.49. The predicted octanol–water partition coefficient (Wildman–Crippen LogP) is 3.34. The Hall–Kier alpha value is -3.02. The fourth-order valence-corrected chi connectivity index (χ4v) is 2.26. The first-order chi connectivity index (χ1) is 12.1. The lowest BCUT2D eigenvalue weighted by Crippen LogP contribution is -2.22. The molecule has 0 radical (unpaired) electrons. The Balaban J connectivity index is 2.16. The lowest BCUT2D eigenvalue weighted by atomic mass is 10.1. The van der Waals surface area contributed by atoms with E-state index < -0.39 is 11.7 Å². The van der Waals surface area contributed by atoms with Crippen molar-refractivity contribution in [3.05, 3.63) is 59.4 Å². The molecular formula is C19H20FNO4. The molecule has 0 atom stereocenters. The number of carbonyl (C=O) groups excluding carboxylic acids is 1. The van der Waals surface area contributed by atoms with Crippen LogP contribution in [0.2, 0.25) is 0 Å². The summed E-state index contributed by atoms with van der Waals surface area (Å²) in [5.74, 6) is -0.546. The highest BCUT2D eigenvalue weighted by atomic mass is 19.1. The van der Waals surface area contributed by atoms with E-state index in [9.17, 15) is 9.18 Å². The summed E-state index contributed by atoms with van der Waals surface area (Å²) in [5, 5.41) is 2.53. The van der Waals surface area contributed by atoms with Crippen molar-refractivity contribution >= 4 is 12.0 Å². The molecule has 6 heteroatoms. The fraction of sp³-hybridized carbons (Fsp3) is 0.211. The Kier molecular flexibility index (Phi) is 6.39. The van der Waals surface area contributed by atoms with Crippen LogP contribution in [-0.4, -0.2) is 27.2 Å². The Bertz CT molecular complexity index is 734. The first kappa shape index (κ1) is 18.3. The van der Waals surface area contributed by atoms with Gasteiger partial charge >= 0.3 is 0 Å². The maximum absolute atomic E-state index is 14.2. The zero-order valence-electron chi connectivity index (χ0n) is 14.3. The summed E-state index contributed by atoms with van der Waals surface area (Å²) in [6.07, 6.45) is 1.12.